The fraction of sp³-hybridized carbons (Fsp3) is 0.464. The van der Waals surface area contributed by atoms with E-state index >= 15 is 0 Å². The van der Waals surface area contributed by atoms with Crippen molar-refractivity contribution in [3.05, 3.63) is 65.2 Å². The van der Waals surface area contributed by atoms with E-state index in [0.29, 0.717) is 23.7 Å². The first kappa shape index (κ1) is 29.8. The monoisotopic (exact) mass is 513 g/mol. The Morgan fingerprint density at radius 3 is 2.30 bits per heavy atom. The smallest absolute Gasteiger partial charge is 0.328 e. The first-order valence-corrected chi connectivity index (χ1v) is 12.6. The summed E-state index contributed by atoms with van der Waals surface area (Å²) in [4.78, 5) is 38.0. The molecule has 3 atom stereocenters. The largest absolute Gasteiger partial charge is 0.491 e. The zero-order chi connectivity index (χ0) is 27.4. The van der Waals surface area contributed by atoms with Gasteiger partial charge in [0, 0.05) is 12.5 Å². The summed E-state index contributed by atoms with van der Waals surface area (Å²) in [5.41, 5.74) is 8.06. The summed E-state index contributed by atoms with van der Waals surface area (Å²) in [6.07, 6.45) is 2.31. The van der Waals surface area contributed by atoms with E-state index in [9.17, 15) is 24.6 Å². The van der Waals surface area contributed by atoms with Gasteiger partial charge in [-0.3, -0.25) is 9.59 Å². The average Bonchev–Trinajstić information content (AvgIpc) is 2.85. The van der Waals surface area contributed by atoms with Crippen molar-refractivity contribution in [3.63, 3.8) is 0 Å². The molecule has 6 N–H and O–H groups in total. The van der Waals surface area contributed by atoms with Gasteiger partial charge in [0.25, 0.3) is 5.91 Å². The predicted octanol–water partition coefficient (Wildman–Crippen LogP) is 2.29. The van der Waals surface area contributed by atoms with E-state index in [1.807, 2.05) is 49.4 Å². The molecule has 0 fully saturated rings. The van der Waals surface area contributed by atoms with Crippen molar-refractivity contribution >= 4 is 17.8 Å². The minimum absolute atomic E-state index is 0.127. The van der Waals surface area contributed by atoms with Gasteiger partial charge in [-0.1, -0.05) is 69.7 Å². The summed E-state index contributed by atoms with van der Waals surface area (Å²) in [7, 11) is 0. The fourth-order valence-electron chi connectivity index (χ4n) is 4.05. The van der Waals surface area contributed by atoms with Crippen molar-refractivity contribution in [2.75, 3.05) is 13.2 Å². The molecular formula is C28H39N3O6. The van der Waals surface area contributed by atoms with Gasteiger partial charge < -0.3 is 31.3 Å². The normalized spacial score (nSPS) is 13.5. The summed E-state index contributed by atoms with van der Waals surface area (Å²) >= 11 is 0. The number of hydrogen-bond donors (Lipinski definition) is 5. The Morgan fingerprint density at radius 1 is 1.00 bits per heavy atom. The predicted molar refractivity (Wildman–Crippen MR) is 141 cm³/mol. The number of rotatable bonds is 15. The maximum absolute atomic E-state index is 13.6. The molecule has 0 bridgehead atoms. The number of hydrogen-bond acceptors (Lipinski definition) is 6. The zero-order valence-electron chi connectivity index (χ0n) is 21.8. The molecular weight excluding hydrogens is 474 g/mol. The molecule has 9 heteroatoms. The lowest BCUT2D eigenvalue weighted by Crippen LogP contribution is -2.53. The number of carboxylic acids is 1. The Bertz CT molecular complexity index is 1030. The molecule has 0 heterocycles. The lowest BCUT2D eigenvalue weighted by atomic mass is 9.99. The number of nitrogens with one attached hydrogen (secondary N) is 2. The van der Waals surface area contributed by atoms with Crippen molar-refractivity contribution < 1.29 is 29.3 Å². The van der Waals surface area contributed by atoms with Gasteiger partial charge >= 0.3 is 5.97 Å². The summed E-state index contributed by atoms with van der Waals surface area (Å²) < 4.78 is 5.98. The number of ether oxygens (including phenoxy) is 1. The summed E-state index contributed by atoms with van der Waals surface area (Å²) in [6.45, 7) is 5.61. The lowest BCUT2D eigenvalue weighted by Gasteiger charge is -2.23. The maximum Gasteiger partial charge on any atom is 0.328 e. The van der Waals surface area contributed by atoms with Crippen molar-refractivity contribution in [2.45, 2.75) is 64.6 Å². The fourth-order valence-corrected chi connectivity index (χ4v) is 4.05. The molecule has 0 unspecified atom stereocenters. The van der Waals surface area contributed by atoms with Gasteiger partial charge in [0.15, 0.2) is 0 Å². The van der Waals surface area contributed by atoms with Gasteiger partial charge in [0.2, 0.25) is 5.91 Å². The van der Waals surface area contributed by atoms with E-state index < -0.39 is 36.5 Å². The van der Waals surface area contributed by atoms with E-state index in [1.54, 1.807) is 6.07 Å². The van der Waals surface area contributed by atoms with Gasteiger partial charge in [-0.2, -0.15) is 0 Å². The van der Waals surface area contributed by atoms with E-state index in [1.165, 1.54) is 0 Å². The van der Waals surface area contributed by atoms with Crippen LogP contribution >= 0.6 is 0 Å². The first-order chi connectivity index (χ1) is 17.7. The number of aliphatic carboxylic acids is 1. The van der Waals surface area contributed by atoms with E-state index in [4.69, 9.17) is 10.5 Å². The number of amides is 2. The summed E-state index contributed by atoms with van der Waals surface area (Å²) in [5, 5.41) is 23.7. The van der Waals surface area contributed by atoms with Crippen molar-refractivity contribution in [1.29, 1.82) is 0 Å². The van der Waals surface area contributed by atoms with Crippen LogP contribution in [0.1, 0.15) is 55.1 Å². The Hall–Kier alpha value is -3.43. The van der Waals surface area contributed by atoms with Gasteiger partial charge in [-0.05, 0) is 36.0 Å². The highest BCUT2D eigenvalue weighted by atomic mass is 16.5. The second-order valence-electron chi connectivity index (χ2n) is 9.54. The third-order valence-electron chi connectivity index (χ3n) is 5.79. The van der Waals surface area contributed by atoms with Crippen LogP contribution in [0.4, 0.5) is 0 Å². The molecule has 202 valence electrons. The van der Waals surface area contributed by atoms with Gasteiger partial charge in [0.05, 0.1) is 12.2 Å². The molecule has 0 aliphatic carbocycles. The number of aliphatic hydroxyl groups is 1. The van der Waals surface area contributed by atoms with Crippen LogP contribution in [-0.4, -0.2) is 59.3 Å². The highest BCUT2D eigenvalue weighted by Crippen LogP contribution is 2.25. The average molecular weight is 514 g/mol. The Balaban J connectivity index is 2.34. The molecule has 2 aromatic carbocycles. The molecule has 2 rings (SSSR count). The topological polar surface area (TPSA) is 151 Å². The molecule has 0 saturated heterocycles. The second kappa shape index (κ2) is 15.0. The highest BCUT2D eigenvalue weighted by molar-refractivity contribution is 6.01. The lowest BCUT2D eigenvalue weighted by molar-refractivity contribution is -0.143. The van der Waals surface area contributed by atoms with Crippen LogP contribution in [0, 0.1) is 5.92 Å². The number of benzene rings is 2. The number of carbonyl (C=O) groups is 3. The minimum Gasteiger partial charge on any atom is -0.491 e. The van der Waals surface area contributed by atoms with Crippen LogP contribution in [0.3, 0.4) is 0 Å². The number of carboxylic acid groups (broad SMARTS) is 1. The van der Waals surface area contributed by atoms with E-state index in [-0.39, 0.29) is 19.1 Å². The standard InChI is InChI=1S/C28H39N3O6/c1-4-9-20-12-8-13-24(37-17-21(29)14-18(2)3)25(20)27(34)30-22(15-19-10-6-5-7-11-19)26(33)31-23(16-32)28(35)36/h5-8,10-13,18,21-23,32H,4,9,14-17,29H2,1-3H3,(H,30,34)(H,31,33)(H,35,36)/t21-,22-,23-/m0/s1. The van der Waals surface area contributed by atoms with Crippen molar-refractivity contribution in [2.24, 2.45) is 11.7 Å². The van der Waals surface area contributed by atoms with Gasteiger partial charge in [-0.25, -0.2) is 4.79 Å². The number of aliphatic hydroxyl groups excluding tert-OH is 1. The van der Waals surface area contributed by atoms with E-state index in [0.717, 1.165) is 24.0 Å². The molecule has 2 aromatic rings. The van der Waals surface area contributed by atoms with Crippen LogP contribution in [0.25, 0.3) is 0 Å². The molecule has 0 radical (unpaired) electrons. The quantitative estimate of drug-likeness (QED) is 0.245. The minimum atomic E-state index is -1.49. The highest BCUT2D eigenvalue weighted by Gasteiger charge is 2.28. The molecule has 9 nitrogen and oxygen atoms in total. The van der Waals surface area contributed by atoms with Gasteiger partial charge in [0.1, 0.15) is 24.4 Å². The van der Waals surface area contributed by atoms with Crippen LogP contribution in [0.2, 0.25) is 0 Å². The third-order valence-corrected chi connectivity index (χ3v) is 5.79. The Kier molecular flexibility index (Phi) is 12.1. The van der Waals surface area contributed by atoms with E-state index in [2.05, 4.69) is 24.5 Å². The zero-order valence-corrected chi connectivity index (χ0v) is 21.8. The number of carbonyl (C=O) groups excluding carboxylic acids is 2. The van der Waals surface area contributed by atoms with Crippen molar-refractivity contribution in [1.82, 2.24) is 10.6 Å². The number of aryl methyl sites for hydroxylation is 1. The second-order valence-corrected chi connectivity index (χ2v) is 9.54. The maximum atomic E-state index is 13.6. The molecule has 2 amide bonds. The number of nitrogens with two attached hydrogens (primary N) is 1. The summed E-state index contributed by atoms with van der Waals surface area (Å²) in [5.74, 6) is -1.82. The van der Waals surface area contributed by atoms with Crippen molar-refractivity contribution in [3.8, 4) is 5.75 Å². The van der Waals surface area contributed by atoms with Crippen LogP contribution in [0.15, 0.2) is 48.5 Å². The summed E-state index contributed by atoms with van der Waals surface area (Å²) in [6, 6.07) is 11.7. The first-order valence-electron chi connectivity index (χ1n) is 12.6. The van der Waals surface area contributed by atoms with Crippen LogP contribution < -0.4 is 21.1 Å². The molecule has 0 aliphatic heterocycles. The van der Waals surface area contributed by atoms with Gasteiger partial charge in [-0.15, -0.1) is 0 Å². The van der Waals surface area contributed by atoms with Crippen LogP contribution in [0.5, 0.6) is 5.75 Å². The SMILES string of the molecule is CCCc1cccc(OC[C@@H](N)CC(C)C)c1C(=O)N[C@@H](Cc1ccccc1)C(=O)N[C@@H](CO)C(=O)O. The third kappa shape index (κ3) is 9.51. The molecule has 37 heavy (non-hydrogen) atoms. The van der Waals surface area contributed by atoms with Crippen LogP contribution in [-0.2, 0) is 22.4 Å². The molecule has 0 spiro atoms. The molecule has 0 saturated carbocycles. The molecule has 0 aromatic heterocycles. The molecule has 0 aliphatic rings. The Labute approximate surface area is 218 Å². The Morgan fingerprint density at radius 2 is 1.70 bits per heavy atom.